The smallest absolute Gasteiger partial charge is 0.327 e. The van der Waals surface area contributed by atoms with Crippen molar-refractivity contribution in [2.75, 3.05) is 6.61 Å². The summed E-state index contributed by atoms with van der Waals surface area (Å²) < 4.78 is 5.59. The van der Waals surface area contributed by atoms with Gasteiger partial charge in [0.15, 0.2) is 22.6 Å². The monoisotopic (exact) mass is 623 g/mol. The van der Waals surface area contributed by atoms with Gasteiger partial charge in [-0.1, -0.05) is 72.8 Å². The van der Waals surface area contributed by atoms with Crippen LogP contribution in [0.15, 0.2) is 109 Å². The number of nitriles is 1. The van der Waals surface area contributed by atoms with Crippen molar-refractivity contribution in [1.82, 2.24) is 0 Å². The number of hydrogen-bond acceptors (Lipinski definition) is 9. The Kier molecular flexibility index (Phi) is 9.43. The number of hydrogen-bond donors (Lipinski definition) is 5. The molecular formula is C35H33N3O8. The molecule has 0 heterocycles. The van der Waals surface area contributed by atoms with Crippen molar-refractivity contribution in [2.45, 2.75) is 30.8 Å². The number of carbonyl (C=O) groups excluding carboxylic acids is 2. The topological polar surface area (TPSA) is 183 Å². The third kappa shape index (κ3) is 5.71. The van der Waals surface area contributed by atoms with Crippen LogP contribution in [0, 0.1) is 33.1 Å². The van der Waals surface area contributed by atoms with Crippen LogP contribution in [0.3, 0.4) is 0 Å². The van der Waals surface area contributed by atoms with Gasteiger partial charge in [-0.2, -0.15) is 15.7 Å². The molecule has 4 aromatic rings. The van der Waals surface area contributed by atoms with Gasteiger partial charge in [-0.15, -0.1) is 0 Å². The number of nitrogens with one attached hydrogen (secondary N) is 2. The van der Waals surface area contributed by atoms with Crippen molar-refractivity contribution >= 4 is 23.1 Å². The maximum Gasteiger partial charge on any atom is 0.327 e. The number of aliphatic hydroxyl groups is 1. The normalized spacial score (nSPS) is 25.5. The highest BCUT2D eigenvalue weighted by molar-refractivity contribution is 6.01. The van der Waals surface area contributed by atoms with Crippen LogP contribution in [-0.2, 0) is 15.1 Å². The molecule has 46 heavy (non-hydrogen) atoms. The van der Waals surface area contributed by atoms with Crippen molar-refractivity contribution in [2.24, 2.45) is 11.3 Å². The Morgan fingerprint density at radius 1 is 0.848 bits per heavy atom. The fraction of sp³-hybridized carbons (Fsp3) is 0.229. The zero-order valence-electron chi connectivity index (χ0n) is 24.9. The highest BCUT2D eigenvalue weighted by atomic mass is 16.8. The van der Waals surface area contributed by atoms with Crippen LogP contribution >= 0.6 is 0 Å². The highest BCUT2D eigenvalue weighted by Crippen LogP contribution is 2.63. The number of benzene rings is 4. The standard InChI is InChI=1S/C35H33N3O8/c1-2-46-33(40)34(22-36)29(23-9-5-3-6-10-23)21-35(41,26-15-19-28(20-16-26)38(44)45)31(30(34)24-11-7-4-8-12-24)32(39)25-13-17-27(18-14-25)37(42)43/h3-20,29-31,37-38,41-42,44H,2,21H2,1H3. The van der Waals surface area contributed by atoms with Crippen LogP contribution < -0.4 is 10.5 Å². The zero-order valence-corrected chi connectivity index (χ0v) is 24.9. The molecule has 0 amide bonds. The summed E-state index contributed by atoms with van der Waals surface area (Å²) in [7, 11) is 0. The summed E-state index contributed by atoms with van der Waals surface area (Å²) in [5.74, 6) is -5.21. The molecule has 0 saturated heterocycles. The van der Waals surface area contributed by atoms with Crippen molar-refractivity contribution in [3.05, 3.63) is 142 Å². The summed E-state index contributed by atoms with van der Waals surface area (Å²) in [5, 5.41) is 64.0. The minimum atomic E-state index is -2.05. The van der Waals surface area contributed by atoms with E-state index in [1.54, 1.807) is 67.6 Å². The SMILES string of the molecule is CCOC(=O)C1(C#N)C(c2ccccc2)CC(O)(c2ccc([NH+]([O-])O)cc2)C(C(=O)c2ccc([NH+]([O-])O)cc2)C1c1ccccc1. The summed E-state index contributed by atoms with van der Waals surface area (Å²) in [5.41, 5.74) is -2.87. The summed E-state index contributed by atoms with van der Waals surface area (Å²) in [6.07, 6.45) is -0.275. The summed E-state index contributed by atoms with van der Waals surface area (Å²) in [6.45, 7) is 1.58. The zero-order chi connectivity index (χ0) is 33.1. The van der Waals surface area contributed by atoms with E-state index in [1.807, 2.05) is 0 Å². The number of quaternary nitrogens is 2. The van der Waals surface area contributed by atoms with Crippen LogP contribution in [0.2, 0.25) is 0 Å². The second kappa shape index (κ2) is 13.3. The van der Waals surface area contributed by atoms with Crippen molar-refractivity contribution in [1.29, 1.82) is 5.26 Å². The molecule has 0 aliphatic heterocycles. The molecule has 0 spiro atoms. The lowest BCUT2D eigenvalue weighted by atomic mass is 9.47. The first kappa shape index (κ1) is 32.6. The second-order valence-corrected chi connectivity index (χ2v) is 11.3. The second-order valence-electron chi connectivity index (χ2n) is 11.3. The lowest BCUT2D eigenvalue weighted by Crippen LogP contribution is -2.99. The van der Waals surface area contributed by atoms with E-state index in [2.05, 4.69) is 6.07 Å². The molecule has 1 aliphatic rings. The van der Waals surface area contributed by atoms with Gasteiger partial charge in [0.1, 0.15) is 5.60 Å². The maximum atomic E-state index is 14.8. The molecule has 1 saturated carbocycles. The highest BCUT2D eigenvalue weighted by Gasteiger charge is 2.67. The fourth-order valence-electron chi connectivity index (χ4n) is 6.77. The maximum absolute atomic E-state index is 14.8. The van der Waals surface area contributed by atoms with Gasteiger partial charge in [-0.25, -0.2) is 10.4 Å². The summed E-state index contributed by atoms with van der Waals surface area (Å²) in [6, 6.07) is 30.3. The van der Waals surface area contributed by atoms with Gasteiger partial charge < -0.3 is 20.3 Å². The molecule has 0 radical (unpaired) electrons. The van der Waals surface area contributed by atoms with E-state index < -0.39 is 51.0 Å². The predicted octanol–water partition coefficient (Wildman–Crippen LogP) is 3.22. The average molecular weight is 624 g/mol. The molecule has 5 N–H and O–H groups in total. The fourth-order valence-corrected chi connectivity index (χ4v) is 6.77. The molecule has 1 aliphatic carbocycles. The van der Waals surface area contributed by atoms with Crippen LogP contribution in [-0.4, -0.2) is 33.9 Å². The van der Waals surface area contributed by atoms with E-state index >= 15 is 0 Å². The number of nitrogens with zero attached hydrogens (tertiary/aromatic N) is 1. The predicted molar refractivity (Wildman–Crippen MR) is 164 cm³/mol. The first-order valence-corrected chi connectivity index (χ1v) is 14.7. The van der Waals surface area contributed by atoms with E-state index in [4.69, 9.17) is 4.74 Å². The van der Waals surface area contributed by atoms with Crippen LogP contribution in [0.4, 0.5) is 11.4 Å². The first-order valence-electron chi connectivity index (χ1n) is 14.7. The summed E-state index contributed by atoms with van der Waals surface area (Å²) >= 11 is 0. The quantitative estimate of drug-likeness (QED) is 0.106. The molecular weight excluding hydrogens is 590 g/mol. The number of esters is 1. The van der Waals surface area contributed by atoms with E-state index in [1.165, 1.54) is 48.5 Å². The van der Waals surface area contributed by atoms with Gasteiger partial charge in [0.25, 0.3) is 0 Å². The van der Waals surface area contributed by atoms with Crippen LogP contribution in [0.1, 0.15) is 52.2 Å². The van der Waals surface area contributed by atoms with Gasteiger partial charge in [0, 0.05) is 41.7 Å². The van der Waals surface area contributed by atoms with Crippen molar-refractivity contribution < 1.29 is 40.3 Å². The lowest BCUT2D eigenvalue weighted by molar-refractivity contribution is -0.991. The van der Waals surface area contributed by atoms with Gasteiger partial charge in [-0.3, -0.25) is 9.59 Å². The Bertz CT molecular complexity index is 1710. The van der Waals surface area contributed by atoms with E-state index in [-0.39, 0.29) is 35.5 Å². The summed E-state index contributed by atoms with van der Waals surface area (Å²) in [4.78, 5) is 29.0. The molecule has 11 nitrogen and oxygen atoms in total. The lowest BCUT2D eigenvalue weighted by Gasteiger charge is -2.54. The number of Topliss-reactive ketones (excluding diaryl/α,β-unsaturated/α-hetero) is 1. The third-order valence-electron chi connectivity index (χ3n) is 8.89. The van der Waals surface area contributed by atoms with E-state index in [0.717, 1.165) is 0 Å². The van der Waals surface area contributed by atoms with Gasteiger partial charge in [0.05, 0.1) is 18.6 Å². The molecule has 236 valence electrons. The van der Waals surface area contributed by atoms with E-state index in [9.17, 15) is 40.8 Å². The van der Waals surface area contributed by atoms with Crippen LogP contribution in [0.25, 0.3) is 0 Å². The minimum Gasteiger partial charge on any atom is -0.595 e. The Morgan fingerprint density at radius 2 is 1.35 bits per heavy atom. The number of rotatable bonds is 9. The molecule has 7 unspecified atom stereocenters. The molecule has 11 heteroatoms. The van der Waals surface area contributed by atoms with Crippen molar-refractivity contribution in [3.63, 3.8) is 0 Å². The molecule has 1 fully saturated rings. The van der Waals surface area contributed by atoms with E-state index in [0.29, 0.717) is 11.1 Å². The first-order chi connectivity index (χ1) is 22.1. The van der Waals surface area contributed by atoms with Gasteiger partial charge in [0.2, 0.25) is 0 Å². The van der Waals surface area contributed by atoms with Crippen LogP contribution in [0.5, 0.6) is 0 Å². The molecule has 0 bridgehead atoms. The number of ketones is 1. The van der Waals surface area contributed by atoms with Crippen molar-refractivity contribution in [3.8, 4) is 6.07 Å². The van der Waals surface area contributed by atoms with Gasteiger partial charge in [-0.05, 0) is 42.2 Å². The third-order valence-corrected chi connectivity index (χ3v) is 8.89. The Morgan fingerprint density at radius 3 is 1.83 bits per heavy atom. The largest absolute Gasteiger partial charge is 0.595 e. The average Bonchev–Trinajstić information content (AvgIpc) is 3.08. The molecule has 5 rings (SSSR count). The number of ether oxygens (including phenoxy) is 1. The Labute approximate surface area is 265 Å². The molecule has 7 atom stereocenters. The Hall–Kier alpha value is -4.77. The minimum absolute atomic E-state index is 0.0348. The Balaban J connectivity index is 1.85. The molecule has 0 aromatic heterocycles. The molecule has 4 aromatic carbocycles. The van der Waals surface area contributed by atoms with Gasteiger partial charge >= 0.3 is 5.97 Å². The number of carbonyl (C=O) groups is 2.